The number of rotatable bonds is 7. The van der Waals surface area contributed by atoms with E-state index < -0.39 is 0 Å². The van der Waals surface area contributed by atoms with Crippen molar-refractivity contribution in [2.24, 2.45) is 4.99 Å². The molecule has 2 N–H and O–H groups in total. The molecular weight excluding hydrogens is 473 g/mol. The third-order valence-corrected chi connectivity index (χ3v) is 6.44. The summed E-state index contributed by atoms with van der Waals surface area (Å²) in [7, 11) is 1.89. The number of piperidine rings is 1. The lowest BCUT2D eigenvalue weighted by Crippen LogP contribution is -2.53. The van der Waals surface area contributed by atoms with Crippen LogP contribution in [0.15, 0.2) is 35.3 Å². The Morgan fingerprint density at radius 3 is 2.52 bits per heavy atom. The number of guanidine groups is 1. The maximum Gasteiger partial charge on any atom is 0.191 e. The van der Waals surface area contributed by atoms with Gasteiger partial charge in [-0.2, -0.15) is 0 Å². The van der Waals surface area contributed by atoms with E-state index in [1.54, 1.807) is 0 Å². The highest BCUT2D eigenvalue weighted by atomic mass is 127. The number of hydrogen-bond donors (Lipinski definition) is 2. The monoisotopic (exact) mass is 513 g/mol. The molecule has 2 saturated heterocycles. The Labute approximate surface area is 194 Å². The molecular formula is C23H40IN5. The molecule has 3 rings (SSSR count). The van der Waals surface area contributed by atoms with E-state index in [0.29, 0.717) is 18.1 Å². The zero-order valence-corrected chi connectivity index (χ0v) is 20.8. The van der Waals surface area contributed by atoms with Gasteiger partial charge in [-0.15, -0.1) is 24.0 Å². The lowest BCUT2D eigenvalue weighted by molar-refractivity contribution is 0.134. The number of nitrogens with one attached hydrogen (secondary N) is 2. The number of hydrogen-bond acceptors (Lipinski definition) is 3. The quantitative estimate of drug-likeness (QED) is 0.332. The highest BCUT2D eigenvalue weighted by molar-refractivity contribution is 14.0. The number of nitrogens with zero attached hydrogens (tertiary/aromatic N) is 3. The number of benzene rings is 1. The molecule has 3 atom stereocenters. The minimum atomic E-state index is 0. The molecule has 0 radical (unpaired) electrons. The minimum Gasteiger partial charge on any atom is -0.355 e. The van der Waals surface area contributed by atoms with Crippen molar-refractivity contribution in [2.75, 3.05) is 33.2 Å². The van der Waals surface area contributed by atoms with Crippen LogP contribution in [0.5, 0.6) is 0 Å². The molecule has 5 nitrogen and oxygen atoms in total. The van der Waals surface area contributed by atoms with Gasteiger partial charge < -0.3 is 10.6 Å². The molecule has 0 saturated carbocycles. The molecule has 29 heavy (non-hydrogen) atoms. The van der Waals surface area contributed by atoms with E-state index in [2.05, 4.69) is 69.6 Å². The maximum atomic E-state index is 4.49. The fraction of sp³-hybridized carbons (Fsp3) is 0.696. The van der Waals surface area contributed by atoms with Gasteiger partial charge in [0, 0.05) is 44.8 Å². The zero-order valence-electron chi connectivity index (χ0n) is 18.4. The molecule has 164 valence electrons. The molecule has 2 fully saturated rings. The van der Waals surface area contributed by atoms with E-state index >= 15 is 0 Å². The van der Waals surface area contributed by atoms with Crippen molar-refractivity contribution in [1.29, 1.82) is 0 Å². The summed E-state index contributed by atoms with van der Waals surface area (Å²) in [6.07, 6.45) is 6.23. The predicted molar refractivity (Wildman–Crippen MR) is 134 cm³/mol. The molecule has 0 amide bonds. The Morgan fingerprint density at radius 2 is 1.90 bits per heavy atom. The normalized spacial score (nSPS) is 24.7. The highest BCUT2D eigenvalue weighted by Gasteiger charge is 2.26. The summed E-state index contributed by atoms with van der Waals surface area (Å²) in [5.41, 5.74) is 1.41. The molecule has 3 unspecified atom stereocenters. The van der Waals surface area contributed by atoms with Crippen LogP contribution in [0.25, 0.3) is 0 Å². The first kappa shape index (κ1) is 24.4. The fourth-order valence-corrected chi connectivity index (χ4v) is 4.65. The summed E-state index contributed by atoms with van der Waals surface area (Å²) in [6, 6.07) is 12.5. The van der Waals surface area contributed by atoms with Crippen molar-refractivity contribution >= 4 is 29.9 Å². The standard InChI is InChI=1S/C23H39N5.HI/c1-4-22(27-13-8-9-14-27)17-25-23(24-3)26-21-12-15-28(19(2)16-21)18-20-10-6-5-7-11-20;/h5-7,10-11,19,21-22H,4,8-9,12-18H2,1-3H3,(H2,24,25,26);1H. The van der Waals surface area contributed by atoms with Crippen LogP contribution in [0.1, 0.15) is 51.5 Å². The van der Waals surface area contributed by atoms with Crippen LogP contribution in [0.2, 0.25) is 0 Å². The molecule has 1 aromatic carbocycles. The summed E-state index contributed by atoms with van der Waals surface area (Å²) in [5.74, 6) is 0.964. The van der Waals surface area contributed by atoms with Gasteiger partial charge in [-0.05, 0) is 57.7 Å². The van der Waals surface area contributed by atoms with Gasteiger partial charge in [-0.3, -0.25) is 14.8 Å². The van der Waals surface area contributed by atoms with E-state index in [-0.39, 0.29) is 24.0 Å². The van der Waals surface area contributed by atoms with E-state index in [9.17, 15) is 0 Å². The Bertz CT molecular complexity index is 603. The zero-order chi connectivity index (χ0) is 19.8. The third kappa shape index (κ3) is 7.40. The van der Waals surface area contributed by atoms with Crippen LogP contribution < -0.4 is 10.6 Å². The molecule has 0 spiro atoms. The van der Waals surface area contributed by atoms with Crippen LogP contribution in [-0.2, 0) is 6.54 Å². The Kier molecular flexibility index (Phi) is 10.7. The topological polar surface area (TPSA) is 42.9 Å². The second-order valence-corrected chi connectivity index (χ2v) is 8.43. The minimum absolute atomic E-state index is 0. The highest BCUT2D eigenvalue weighted by Crippen LogP contribution is 2.20. The van der Waals surface area contributed by atoms with Crippen LogP contribution in [-0.4, -0.2) is 67.1 Å². The molecule has 1 aromatic rings. The van der Waals surface area contributed by atoms with Gasteiger partial charge >= 0.3 is 0 Å². The van der Waals surface area contributed by atoms with Crippen LogP contribution in [0.4, 0.5) is 0 Å². The summed E-state index contributed by atoms with van der Waals surface area (Å²) < 4.78 is 0. The van der Waals surface area contributed by atoms with Gasteiger partial charge in [-0.1, -0.05) is 37.3 Å². The third-order valence-electron chi connectivity index (χ3n) is 6.44. The Hall–Kier alpha value is -0.860. The number of aliphatic imine (C=N–C) groups is 1. The molecule has 6 heteroatoms. The van der Waals surface area contributed by atoms with Gasteiger partial charge in [0.05, 0.1) is 0 Å². The average Bonchev–Trinajstić information content (AvgIpc) is 3.25. The Morgan fingerprint density at radius 1 is 1.17 bits per heavy atom. The van der Waals surface area contributed by atoms with Crippen molar-refractivity contribution in [3.63, 3.8) is 0 Å². The summed E-state index contributed by atoms with van der Waals surface area (Å²) >= 11 is 0. The molecule has 2 aliphatic heterocycles. The van der Waals surface area contributed by atoms with Crippen molar-refractivity contribution in [2.45, 2.75) is 70.6 Å². The average molecular weight is 514 g/mol. The second-order valence-electron chi connectivity index (χ2n) is 8.43. The molecule has 2 heterocycles. The molecule has 0 aliphatic carbocycles. The largest absolute Gasteiger partial charge is 0.355 e. The molecule has 0 aromatic heterocycles. The lowest BCUT2D eigenvalue weighted by Gasteiger charge is -2.38. The summed E-state index contributed by atoms with van der Waals surface area (Å²) in [5, 5.41) is 7.28. The molecule has 2 aliphatic rings. The first-order valence-electron chi connectivity index (χ1n) is 11.2. The van der Waals surface area contributed by atoms with Gasteiger partial charge in [0.1, 0.15) is 0 Å². The fourth-order valence-electron chi connectivity index (χ4n) is 4.65. The van der Waals surface area contributed by atoms with Gasteiger partial charge in [0.25, 0.3) is 0 Å². The number of likely N-dealkylation sites (tertiary alicyclic amines) is 2. The predicted octanol–water partition coefficient (Wildman–Crippen LogP) is 3.70. The lowest BCUT2D eigenvalue weighted by atomic mass is 9.97. The maximum absolute atomic E-state index is 4.49. The van der Waals surface area contributed by atoms with E-state index in [1.165, 1.54) is 44.3 Å². The van der Waals surface area contributed by atoms with E-state index in [0.717, 1.165) is 32.0 Å². The van der Waals surface area contributed by atoms with Crippen molar-refractivity contribution < 1.29 is 0 Å². The first-order chi connectivity index (χ1) is 13.7. The smallest absolute Gasteiger partial charge is 0.191 e. The van der Waals surface area contributed by atoms with Gasteiger partial charge in [0.15, 0.2) is 5.96 Å². The first-order valence-corrected chi connectivity index (χ1v) is 11.2. The molecule has 0 bridgehead atoms. The van der Waals surface area contributed by atoms with Gasteiger partial charge in [0.2, 0.25) is 0 Å². The Balaban J connectivity index is 0.00000300. The van der Waals surface area contributed by atoms with Crippen LogP contribution in [0, 0.1) is 0 Å². The summed E-state index contributed by atoms with van der Waals surface area (Å²) in [6.45, 7) is 10.3. The van der Waals surface area contributed by atoms with E-state index in [4.69, 9.17) is 0 Å². The van der Waals surface area contributed by atoms with E-state index in [1.807, 2.05) is 7.05 Å². The van der Waals surface area contributed by atoms with Crippen molar-refractivity contribution in [1.82, 2.24) is 20.4 Å². The summed E-state index contributed by atoms with van der Waals surface area (Å²) in [4.78, 5) is 9.72. The number of halogens is 1. The second kappa shape index (κ2) is 12.7. The van der Waals surface area contributed by atoms with Crippen molar-refractivity contribution in [3.05, 3.63) is 35.9 Å². The van der Waals surface area contributed by atoms with Gasteiger partial charge in [-0.25, -0.2) is 0 Å². The van der Waals surface area contributed by atoms with Crippen LogP contribution >= 0.6 is 24.0 Å². The van der Waals surface area contributed by atoms with Crippen molar-refractivity contribution in [3.8, 4) is 0 Å². The van der Waals surface area contributed by atoms with Crippen LogP contribution in [0.3, 0.4) is 0 Å². The SMILES string of the molecule is CCC(CNC(=NC)NC1CCN(Cc2ccccc2)C(C)C1)N1CCCC1.I.